The molecule has 4 N–H and O–H groups in total. The lowest BCUT2D eigenvalue weighted by atomic mass is 10.0. The highest BCUT2D eigenvalue weighted by Gasteiger charge is 2.59. The van der Waals surface area contributed by atoms with Gasteiger partial charge in [-0.05, 0) is 69.2 Å². The molecule has 0 aromatic carbocycles. The topological polar surface area (TPSA) is 225 Å². The Bertz CT molecular complexity index is 1100. The molecule has 8 atom stereocenters. The van der Waals surface area contributed by atoms with Gasteiger partial charge in [0.2, 0.25) is 0 Å². The molecule has 50 heavy (non-hydrogen) atoms. The van der Waals surface area contributed by atoms with Crippen LogP contribution in [0.3, 0.4) is 0 Å². The molecule has 4 fully saturated rings. The summed E-state index contributed by atoms with van der Waals surface area (Å²) in [6.07, 6.45) is -7.59. The number of carbonyl (C=O) groups is 4. The summed E-state index contributed by atoms with van der Waals surface area (Å²) >= 11 is 0. The second-order valence-corrected chi connectivity index (χ2v) is 13.6. The van der Waals surface area contributed by atoms with E-state index in [0.29, 0.717) is 0 Å². The first-order chi connectivity index (χ1) is 23.2. The van der Waals surface area contributed by atoms with Gasteiger partial charge in [-0.15, -0.1) is 0 Å². The first-order valence-electron chi connectivity index (χ1n) is 16.7. The molecule has 0 spiro atoms. The number of hydrogen-bond acceptors (Lipinski definition) is 16. The van der Waals surface area contributed by atoms with Crippen molar-refractivity contribution >= 4 is 23.8 Å². The average Bonchev–Trinajstić information content (AvgIpc) is 3.73. The van der Waals surface area contributed by atoms with Gasteiger partial charge in [-0.25, -0.2) is 9.59 Å². The van der Waals surface area contributed by atoms with Crippen LogP contribution in [0.1, 0.15) is 69.2 Å². The Morgan fingerprint density at radius 1 is 0.500 bits per heavy atom. The van der Waals surface area contributed by atoms with Crippen LogP contribution in [-0.2, 0) is 66.5 Å². The quantitative estimate of drug-likeness (QED) is 0.185. The maximum Gasteiger partial charge on any atom is 0.338 e. The molecule has 4 rings (SSSR count). The summed E-state index contributed by atoms with van der Waals surface area (Å²) in [5.74, 6) is -6.24. The van der Waals surface area contributed by atoms with Crippen molar-refractivity contribution in [2.24, 2.45) is 0 Å². The zero-order chi connectivity index (χ0) is 37.7. The first kappa shape index (κ1) is 41.9. The fourth-order valence-electron chi connectivity index (χ4n) is 5.90. The molecule has 4 aliphatic heterocycles. The van der Waals surface area contributed by atoms with E-state index in [1.165, 1.54) is 0 Å². The van der Waals surface area contributed by atoms with Crippen LogP contribution in [0.25, 0.3) is 0 Å². The number of ether oxygens (including phenoxy) is 10. The van der Waals surface area contributed by atoms with E-state index in [-0.39, 0.29) is 39.5 Å². The molecule has 0 aromatic heterocycles. The van der Waals surface area contributed by atoms with Crippen LogP contribution >= 0.6 is 0 Å². The van der Waals surface area contributed by atoms with Crippen molar-refractivity contribution in [2.45, 2.75) is 141 Å². The van der Waals surface area contributed by atoms with Gasteiger partial charge >= 0.3 is 11.9 Å². The molecule has 18 nitrogen and oxygen atoms in total. The Morgan fingerprint density at radius 3 is 1.02 bits per heavy atom. The third-order valence-corrected chi connectivity index (χ3v) is 7.54. The largest absolute Gasteiger partial charge is 0.464 e. The third kappa shape index (κ3) is 10.8. The maximum atomic E-state index is 12.4. The smallest absolute Gasteiger partial charge is 0.338 e. The zero-order valence-corrected chi connectivity index (χ0v) is 30.5. The van der Waals surface area contributed by atoms with Crippen molar-refractivity contribution in [2.75, 3.05) is 39.5 Å². The van der Waals surface area contributed by atoms with E-state index in [1.54, 1.807) is 69.2 Å². The predicted molar refractivity (Wildman–Crippen MR) is 169 cm³/mol. The normalized spacial score (nSPS) is 33.2. The van der Waals surface area contributed by atoms with Gasteiger partial charge in [0.1, 0.15) is 24.4 Å². The SMILES string of the molecule is CC1(C)OC(C2OC(C)(C)O[C@H]2C(=O)NCCO)[C@@H](C(=O)NCCO)O1.CCOC(=O)[C@H]1OC(C)(C)OC1C1OC(C)(C)O[C@H]1C(=O)OCC. The highest BCUT2D eigenvalue weighted by Crippen LogP contribution is 2.40. The minimum absolute atomic E-state index is 0.0692. The van der Waals surface area contributed by atoms with Crippen LogP contribution in [0, 0.1) is 0 Å². The lowest BCUT2D eigenvalue weighted by Crippen LogP contribution is -2.52. The highest BCUT2D eigenvalue weighted by atomic mass is 16.8. The van der Waals surface area contributed by atoms with E-state index in [9.17, 15) is 19.2 Å². The Kier molecular flexibility index (Phi) is 14.1. The summed E-state index contributed by atoms with van der Waals surface area (Å²) < 4.78 is 56.1. The van der Waals surface area contributed by atoms with E-state index in [2.05, 4.69) is 10.6 Å². The van der Waals surface area contributed by atoms with Gasteiger partial charge < -0.3 is 68.2 Å². The van der Waals surface area contributed by atoms with Crippen molar-refractivity contribution in [1.29, 1.82) is 0 Å². The van der Waals surface area contributed by atoms with E-state index >= 15 is 0 Å². The molecule has 0 aliphatic carbocycles. The number of nitrogens with one attached hydrogen (secondary N) is 2. The summed E-state index contributed by atoms with van der Waals surface area (Å²) in [7, 11) is 0. The Hall–Kier alpha value is -2.52. The Morgan fingerprint density at radius 2 is 0.760 bits per heavy atom. The van der Waals surface area contributed by atoms with Gasteiger partial charge in [0, 0.05) is 13.1 Å². The van der Waals surface area contributed by atoms with E-state index < -0.39 is 95.7 Å². The number of esters is 2. The molecule has 4 unspecified atom stereocenters. The monoisotopic (exact) mass is 722 g/mol. The molecule has 288 valence electrons. The van der Waals surface area contributed by atoms with Gasteiger partial charge in [-0.1, -0.05) is 0 Å². The second kappa shape index (κ2) is 16.9. The van der Waals surface area contributed by atoms with Gasteiger partial charge in [-0.3, -0.25) is 9.59 Å². The molecule has 0 radical (unpaired) electrons. The Labute approximate surface area is 292 Å². The number of aliphatic hydroxyl groups is 2. The zero-order valence-electron chi connectivity index (χ0n) is 30.5. The molecule has 18 heteroatoms. The van der Waals surface area contributed by atoms with Crippen LogP contribution in [0.5, 0.6) is 0 Å². The average molecular weight is 723 g/mol. The van der Waals surface area contributed by atoms with Gasteiger partial charge in [-0.2, -0.15) is 0 Å². The standard InChI is InChI=1S/C16H28N2O8.C16H26O8/c1-15(2)23-9(11(25-15)13(21)17-5-7-19)10-12(14(22)18-6-8-20)26-16(3,4)24-10;1-7-19-13(17)11-9(21-15(3,4)23-11)10-12(14(18)20-8-2)24-16(5,6)22-10/h9-12,19-20H,5-8H2,1-4H3,(H,17,21)(H,18,22);9-12H,7-8H2,1-6H3/t2*9?,10?,11-,12+. The third-order valence-electron chi connectivity index (χ3n) is 7.54. The fraction of sp³-hybridized carbons (Fsp3) is 0.875. The van der Waals surface area contributed by atoms with Crippen molar-refractivity contribution in [3.8, 4) is 0 Å². The molecule has 4 saturated heterocycles. The maximum absolute atomic E-state index is 12.4. The number of hydrogen-bond donors (Lipinski definition) is 4. The molecule has 0 saturated carbocycles. The molecule has 2 amide bonds. The summed E-state index contributed by atoms with van der Waals surface area (Å²) in [5, 5.41) is 22.9. The number of amides is 2. The lowest BCUT2D eigenvalue weighted by Gasteiger charge is -2.25. The summed E-state index contributed by atoms with van der Waals surface area (Å²) in [4.78, 5) is 49.3. The van der Waals surface area contributed by atoms with Crippen molar-refractivity contribution in [3.63, 3.8) is 0 Å². The van der Waals surface area contributed by atoms with Crippen molar-refractivity contribution in [3.05, 3.63) is 0 Å². The summed E-state index contributed by atoms with van der Waals surface area (Å²) in [6.45, 7) is 16.9. The van der Waals surface area contributed by atoms with E-state index in [0.717, 1.165) is 0 Å². The number of rotatable bonds is 12. The van der Waals surface area contributed by atoms with Crippen LogP contribution in [0.2, 0.25) is 0 Å². The van der Waals surface area contributed by atoms with Gasteiger partial charge in [0.15, 0.2) is 47.6 Å². The minimum atomic E-state index is -1.06. The Balaban J connectivity index is 0.000000271. The number of carbonyl (C=O) groups excluding carboxylic acids is 4. The molecule has 0 aromatic rings. The highest BCUT2D eigenvalue weighted by molar-refractivity contribution is 5.84. The lowest BCUT2D eigenvalue weighted by molar-refractivity contribution is -0.177. The van der Waals surface area contributed by atoms with Crippen LogP contribution < -0.4 is 10.6 Å². The molecule has 4 heterocycles. The van der Waals surface area contributed by atoms with Crippen molar-refractivity contribution < 1.29 is 76.8 Å². The van der Waals surface area contributed by atoms with Crippen LogP contribution in [0.15, 0.2) is 0 Å². The first-order valence-corrected chi connectivity index (χ1v) is 16.7. The summed E-state index contributed by atoms with van der Waals surface area (Å²) in [5.41, 5.74) is 0. The van der Waals surface area contributed by atoms with Crippen LogP contribution in [-0.4, -0.2) is 145 Å². The molecular formula is C32H54N2O16. The molecule has 4 aliphatic rings. The van der Waals surface area contributed by atoms with Crippen LogP contribution in [0.4, 0.5) is 0 Å². The molecule has 0 bridgehead atoms. The fourth-order valence-corrected chi connectivity index (χ4v) is 5.90. The number of aliphatic hydroxyl groups excluding tert-OH is 2. The summed E-state index contributed by atoms with van der Waals surface area (Å²) in [6, 6.07) is 0. The van der Waals surface area contributed by atoms with Gasteiger partial charge in [0.05, 0.1) is 26.4 Å². The van der Waals surface area contributed by atoms with Crippen molar-refractivity contribution in [1.82, 2.24) is 10.6 Å². The van der Waals surface area contributed by atoms with E-state index in [4.69, 9.17) is 57.6 Å². The second-order valence-electron chi connectivity index (χ2n) is 13.6. The minimum Gasteiger partial charge on any atom is -0.464 e. The molecular weight excluding hydrogens is 668 g/mol. The van der Waals surface area contributed by atoms with Gasteiger partial charge in [0.25, 0.3) is 11.8 Å². The predicted octanol–water partition coefficient (Wildman–Crippen LogP) is -0.604. The van der Waals surface area contributed by atoms with E-state index in [1.807, 2.05) is 0 Å².